The zero-order valence-electron chi connectivity index (χ0n) is 9.65. The molecule has 0 aliphatic rings. The second kappa shape index (κ2) is 4.82. The predicted octanol–water partition coefficient (Wildman–Crippen LogP) is 2.92. The minimum Gasteiger partial charge on any atom is -0.352 e. The monoisotopic (exact) mass is 231 g/mol. The molecule has 88 valence electrons. The molecule has 0 saturated carbocycles. The zero-order valence-corrected chi connectivity index (χ0v) is 9.65. The van der Waals surface area contributed by atoms with Crippen LogP contribution in [0.15, 0.2) is 43.2 Å². The standard InChI is InChI=1S/C13H14FN3/c1-3-6-15-13-16-7-8-17(13)12-9-10(2)4-5-11(12)14/h3-5,7-9H,1,6H2,2H3,(H,15,16). The Bertz CT molecular complexity index is 531. The molecule has 2 rings (SSSR count). The van der Waals surface area contributed by atoms with Crippen molar-refractivity contribution in [3.8, 4) is 5.69 Å². The highest BCUT2D eigenvalue weighted by Crippen LogP contribution is 2.19. The van der Waals surface area contributed by atoms with Crippen molar-refractivity contribution in [2.24, 2.45) is 0 Å². The van der Waals surface area contributed by atoms with Gasteiger partial charge in [-0.2, -0.15) is 0 Å². The van der Waals surface area contributed by atoms with Crippen molar-refractivity contribution in [1.82, 2.24) is 9.55 Å². The molecule has 1 N–H and O–H groups in total. The Morgan fingerprint density at radius 1 is 1.53 bits per heavy atom. The molecule has 0 unspecified atom stereocenters. The predicted molar refractivity (Wildman–Crippen MR) is 66.9 cm³/mol. The molecule has 2 aromatic rings. The molecule has 1 aromatic carbocycles. The van der Waals surface area contributed by atoms with Gasteiger partial charge in [-0.05, 0) is 24.6 Å². The van der Waals surface area contributed by atoms with Gasteiger partial charge in [0.05, 0.1) is 5.69 Å². The van der Waals surface area contributed by atoms with Crippen LogP contribution in [0.4, 0.5) is 10.3 Å². The van der Waals surface area contributed by atoms with Crippen LogP contribution in [0.3, 0.4) is 0 Å². The summed E-state index contributed by atoms with van der Waals surface area (Å²) >= 11 is 0. The number of aryl methyl sites for hydroxylation is 1. The van der Waals surface area contributed by atoms with E-state index in [9.17, 15) is 4.39 Å². The largest absolute Gasteiger partial charge is 0.352 e. The first-order valence-corrected chi connectivity index (χ1v) is 5.37. The minimum absolute atomic E-state index is 0.268. The van der Waals surface area contributed by atoms with E-state index < -0.39 is 0 Å². The molecular weight excluding hydrogens is 217 g/mol. The average molecular weight is 231 g/mol. The van der Waals surface area contributed by atoms with Gasteiger partial charge in [0.15, 0.2) is 0 Å². The number of rotatable bonds is 4. The van der Waals surface area contributed by atoms with E-state index in [0.29, 0.717) is 18.2 Å². The average Bonchev–Trinajstić information content (AvgIpc) is 2.77. The number of halogens is 1. The molecule has 0 amide bonds. The Balaban J connectivity index is 2.42. The number of imidazole rings is 1. The lowest BCUT2D eigenvalue weighted by Gasteiger charge is -2.10. The lowest BCUT2D eigenvalue weighted by molar-refractivity contribution is 0.618. The molecule has 0 aliphatic heterocycles. The van der Waals surface area contributed by atoms with Gasteiger partial charge in [0.25, 0.3) is 0 Å². The number of hydrogen-bond acceptors (Lipinski definition) is 2. The highest BCUT2D eigenvalue weighted by Gasteiger charge is 2.08. The van der Waals surface area contributed by atoms with E-state index in [1.807, 2.05) is 6.92 Å². The van der Waals surface area contributed by atoms with Crippen molar-refractivity contribution < 1.29 is 4.39 Å². The molecule has 0 atom stereocenters. The third-order valence-corrected chi connectivity index (χ3v) is 2.41. The van der Waals surface area contributed by atoms with Crippen LogP contribution in [0, 0.1) is 12.7 Å². The maximum absolute atomic E-state index is 13.7. The fourth-order valence-electron chi connectivity index (χ4n) is 1.60. The fourth-order valence-corrected chi connectivity index (χ4v) is 1.60. The second-order valence-electron chi connectivity index (χ2n) is 3.75. The van der Waals surface area contributed by atoms with Crippen molar-refractivity contribution in [3.63, 3.8) is 0 Å². The zero-order chi connectivity index (χ0) is 12.3. The summed E-state index contributed by atoms with van der Waals surface area (Å²) in [5, 5.41) is 3.06. The molecule has 3 nitrogen and oxygen atoms in total. The van der Waals surface area contributed by atoms with Gasteiger partial charge in [0, 0.05) is 18.9 Å². The molecule has 1 aromatic heterocycles. The molecule has 17 heavy (non-hydrogen) atoms. The van der Waals surface area contributed by atoms with Crippen molar-refractivity contribution in [2.45, 2.75) is 6.92 Å². The Kier molecular flexibility index (Phi) is 3.23. The number of nitrogens with zero attached hydrogens (tertiary/aromatic N) is 2. The third-order valence-electron chi connectivity index (χ3n) is 2.41. The van der Waals surface area contributed by atoms with Crippen LogP contribution in [0.2, 0.25) is 0 Å². The van der Waals surface area contributed by atoms with Gasteiger partial charge < -0.3 is 5.32 Å². The van der Waals surface area contributed by atoms with Crippen LogP contribution >= 0.6 is 0 Å². The SMILES string of the molecule is C=CCNc1nccn1-c1cc(C)ccc1F. The Labute approximate surface area is 99.6 Å². The number of benzene rings is 1. The number of nitrogens with one attached hydrogen (secondary N) is 1. The summed E-state index contributed by atoms with van der Waals surface area (Å²) < 4.78 is 15.4. The summed E-state index contributed by atoms with van der Waals surface area (Å²) in [6, 6.07) is 4.99. The van der Waals surface area contributed by atoms with Crippen molar-refractivity contribution >= 4 is 5.95 Å². The van der Waals surface area contributed by atoms with E-state index in [1.165, 1.54) is 6.07 Å². The first-order chi connectivity index (χ1) is 8.22. The van der Waals surface area contributed by atoms with Crippen molar-refractivity contribution in [1.29, 1.82) is 0 Å². The molecule has 4 heteroatoms. The van der Waals surface area contributed by atoms with Crippen LogP contribution in [-0.4, -0.2) is 16.1 Å². The summed E-state index contributed by atoms with van der Waals surface area (Å²) in [4.78, 5) is 4.14. The highest BCUT2D eigenvalue weighted by molar-refractivity contribution is 5.44. The molecule has 0 aliphatic carbocycles. The van der Waals surface area contributed by atoms with Gasteiger partial charge in [-0.3, -0.25) is 4.57 Å². The topological polar surface area (TPSA) is 29.9 Å². The highest BCUT2D eigenvalue weighted by atomic mass is 19.1. The van der Waals surface area contributed by atoms with Crippen LogP contribution < -0.4 is 5.32 Å². The first-order valence-electron chi connectivity index (χ1n) is 5.37. The van der Waals surface area contributed by atoms with Crippen molar-refractivity contribution in [3.05, 3.63) is 54.6 Å². The molecule has 0 radical (unpaired) electrons. The lowest BCUT2D eigenvalue weighted by Crippen LogP contribution is -2.07. The summed E-state index contributed by atoms with van der Waals surface area (Å²) in [7, 11) is 0. The molecule has 1 heterocycles. The van der Waals surface area contributed by atoms with Crippen LogP contribution in [0.1, 0.15) is 5.56 Å². The van der Waals surface area contributed by atoms with E-state index in [1.54, 1.807) is 35.2 Å². The van der Waals surface area contributed by atoms with Gasteiger partial charge in [0.2, 0.25) is 5.95 Å². The summed E-state index contributed by atoms with van der Waals surface area (Å²) in [6.07, 6.45) is 5.09. The summed E-state index contributed by atoms with van der Waals surface area (Å²) in [5.41, 5.74) is 1.50. The normalized spacial score (nSPS) is 10.2. The van der Waals surface area contributed by atoms with E-state index >= 15 is 0 Å². The number of hydrogen-bond donors (Lipinski definition) is 1. The van der Waals surface area contributed by atoms with E-state index in [0.717, 1.165) is 5.56 Å². The molecule has 0 saturated heterocycles. The Hall–Kier alpha value is -2.10. The molecule has 0 spiro atoms. The molecular formula is C13H14FN3. The maximum Gasteiger partial charge on any atom is 0.207 e. The summed E-state index contributed by atoms with van der Waals surface area (Å²) in [5.74, 6) is 0.338. The Morgan fingerprint density at radius 3 is 3.12 bits per heavy atom. The quantitative estimate of drug-likeness (QED) is 0.820. The first kappa shape index (κ1) is 11.4. The second-order valence-corrected chi connectivity index (χ2v) is 3.75. The fraction of sp³-hybridized carbons (Fsp3) is 0.154. The van der Waals surface area contributed by atoms with E-state index in [4.69, 9.17) is 0 Å². The van der Waals surface area contributed by atoms with Crippen LogP contribution in [-0.2, 0) is 0 Å². The van der Waals surface area contributed by atoms with Gasteiger partial charge >= 0.3 is 0 Å². The van der Waals surface area contributed by atoms with Gasteiger partial charge in [-0.15, -0.1) is 6.58 Å². The van der Waals surface area contributed by atoms with Gasteiger partial charge in [0.1, 0.15) is 5.82 Å². The summed E-state index contributed by atoms with van der Waals surface area (Å²) in [6.45, 7) is 6.14. The van der Waals surface area contributed by atoms with Crippen molar-refractivity contribution in [2.75, 3.05) is 11.9 Å². The van der Waals surface area contributed by atoms with Crippen LogP contribution in [0.25, 0.3) is 5.69 Å². The third kappa shape index (κ3) is 2.36. The van der Waals surface area contributed by atoms with E-state index in [2.05, 4.69) is 16.9 Å². The lowest BCUT2D eigenvalue weighted by atomic mass is 10.2. The Morgan fingerprint density at radius 2 is 2.35 bits per heavy atom. The molecule has 0 bridgehead atoms. The van der Waals surface area contributed by atoms with Crippen LogP contribution in [0.5, 0.6) is 0 Å². The van der Waals surface area contributed by atoms with E-state index in [-0.39, 0.29) is 5.82 Å². The smallest absolute Gasteiger partial charge is 0.207 e. The minimum atomic E-state index is -0.268. The number of anilines is 1. The molecule has 0 fully saturated rings. The van der Waals surface area contributed by atoms with Gasteiger partial charge in [-0.1, -0.05) is 12.1 Å². The van der Waals surface area contributed by atoms with Gasteiger partial charge in [-0.25, -0.2) is 9.37 Å². The maximum atomic E-state index is 13.7. The number of aromatic nitrogens is 2.